The third-order valence-corrected chi connectivity index (χ3v) is 3.34. The van der Waals surface area contributed by atoms with Gasteiger partial charge < -0.3 is 5.32 Å². The lowest BCUT2D eigenvalue weighted by Crippen LogP contribution is -2.18. The highest BCUT2D eigenvalue weighted by atomic mass is 19.4. The minimum absolute atomic E-state index is 0.315. The van der Waals surface area contributed by atoms with Crippen molar-refractivity contribution < 1.29 is 13.2 Å². The lowest BCUT2D eigenvalue weighted by molar-refractivity contribution is -0.141. The number of pyridine rings is 1. The Morgan fingerprint density at radius 3 is 2.56 bits per heavy atom. The molecule has 0 atom stereocenters. The van der Waals surface area contributed by atoms with Crippen LogP contribution in [0.1, 0.15) is 37.8 Å². The van der Waals surface area contributed by atoms with Crippen molar-refractivity contribution >= 4 is 5.82 Å². The van der Waals surface area contributed by atoms with Crippen LogP contribution in [0.15, 0.2) is 18.2 Å². The van der Waals surface area contributed by atoms with Crippen molar-refractivity contribution in [3.05, 3.63) is 23.9 Å². The van der Waals surface area contributed by atoms with Crippen LogP contribution in [0.2, 0.25) is 0 Å². The summed E-state index contributed by atoms with van der Waals surface area (Å²) >= 11 is 0. The molecule has 1 N–H and O–H groups in total. The van der Waals surface area contributed by atoms with E-state index < -0.39 is 11.9 Å². The number of halogens is 3. The normalized spacial score (nSPS) is 17.7. The molecule has 1 aliphatic carbocycles. The molecule has 0 amide bonds. The fourth-order valence-corrected chi connectivity index (χ4v) is 2.33. The third-order valence-electron chi connectivity index (χ3n) is 3.34. The number of nitrogens with one attached hydrogen (secondary N) is 1. The summed E-state index contributed by atoms with van der Waals surface area (Å²) in [5.74, 6) is 0.880. The molecule has 1 aliphatic rings. The van der Waals surface area contributed by atoms with E-state index in [0.717, 1.165) is 18.9 Å². The summed E-state index contributed by atoms with van der Waals surface area (Å²) < 4.78 is 37.4. The smallest absolute Gasteiger partial charge is 0.370 e. The molecule has 0 saturated heterocycles. The Bertz CT molecular complexity index is 384. The van der Waals surface area contributed by atoms with E-state index in [1.54, 1.807) is 6.07 Å². The number of rotatable bonds is 3. The van der Waals surface area contributed by atoms with E-state index in [2.05, 4.69) is 10.3 Å². The van der Waals surface area contributed by atoms with Crippen molar-refractivity contribution in [2.45, 2.75) is 38.3 Å². The number of alkyl halides is 3. The van der Waals surface area contributed by atoms with Gasteiger partial charge in [0, 0.05) is 6.54 Å². The average molecular weight is 258 g/mol. The molecule has 0 spiro atoms. The number of aromatic nitrogens is 1. The van der Waals surface area contributed by atoms with Crippen molar-refractivity contribution in [1.29, 1.82) is 0 Å². The van der Waals surface area contributed by atoms with Gasteiger partial charge in [0.2, 0.25) is 0 Å². The number of anilines is 1. The van der Waals surface area contributed by atoms with Crippen LogP contribution in [0.5, 0.6) is 0 Å². The van der Waals surface area contributed by atoms with Gasteiger partial charge in [-0.2, -0.15) is 13.2 Å². The molecule has 0 aromatic carbocycles. The quantitative estimate of drug-likeness (QED) is 0.883. The van der Waals surface area contributed by atoms with E-state index in [1.165, 1.54) is 25.3 Å². The second kappa shape index (κ2) is 5.59. The lowest BCUT2D eigenvalue weighted by atomic mass is 9.89. The van der Waals surface area contributed by atoms with Crippen molar-refractivity contribution in [2.75, 3.05) is 11.9 Å². The second-order valence-corrected chi connectivity index (χ2v) is 4.79. The van der Waals surface area contributed by atoms with Crippen LogP contribution >= 0.6 is 0 Å². The predicted octanol–water partition coefficient (Wildman–Crippen LogP) is 4.09. The second-order valence-electron chi connectivity index (χ2n) is 4.79. The highest BCUT2D eigenvalue weighted by molar-refractivity contribution is 5.35. The minimum atomic E-state index is -4.37. The molecule has 0 radical (unpaired) electrons. The number of hydrogen-bond acceptors (Lipinski definition) is 2. The molecule has 18 heavy (non-hydrogen) atoms. The number of nitrogens with zero attached hydrogens (tertiary/aromatic N) is 1. The van der Waals surface area contributed by atoms with E-state index in [1.807, 2.05) is 0 Å². The monoisotopic (exact) mass is 258 g/mol. The van der Waals surface area contributed by atoms with Crippen LogP contribution in [0.3, 0.4) is 0 Å². The van der Waals surface area contributed by atoms with Crippen molar-refractivity contribution in [1.82, 2.24) is 4.98 Å². The molecule has 100 valence electrons. The molecule has 0 bridgehead atoms. The van der Waals surface area contributed by atoms with Gasteiger partial charge in [-0.25, -0.2) is 4.98 Å². The summed E-state index contributed by atoms with van der Waals surface area (Å²) in [5, 5.41) is 3.02. The highest BCUT2D eigenvalue weighted by Gasteiger charge is 2.32. The Morgan fingerprint density at radius 2 is 1.89 bits per heavy atom. The maximum Gasteiger partial charge on any atom is 0.433 e. The number of hydrogen-bond donors (Lipinski definition) is 1. The van der Waals surface area contributed by atoms with E-state index in [9.17, 15) is 13.2 Å². The predicted molar refractivity (Wildman–Crippen MR) is 64.3 cm³/mol. The Morgan fingerprint density at radius 1 is 1.17 bits per heavy atom. The van der Waals surface area contributed by atoms with Crippen LogP contribution < -0.4 is 5.32 Å². The first-order valence-electron chi connectivity index (χ1n) is 6.34. The first-order valence-corrected chi connectivity index (χ1v) is 6.34. The third kappa shape index (κ3) is 3.62. The minimum Gasteiger partial charge on any atom is -0.370 e. The maximum absolute atomic E-state index is 12.5. The molecular formula is C13H17F3N2. The van der Waals surface area contributed by atoms with Crippen molar-refractivity contribution in [2.24, 2.45) is 5.92 Å². The van der Waals surface area contributed by atoms with Gasteiger partial charge in [-0.1, -0.05) is 25.3 Å². The summed E-state index contributed by atoms with van der Waals surface area (Å²) in [7, 11) is 0. The van der Waals surface area contributed by atoms with Crippen LogP contribution in [0, 0.1) is 5.92 Å². The highest BCUT2D eigenvalue weighted by Crippen LogP contribution is 2.28. The lowest BCUT2D eigenvalue weighted by Gasteiger charge is -2.22. The molecule has 2 rings (SSSR count). The molecule has 1 aromatic rings. The van der Waals surface area contributed by atoms with E-state index in [0.29, 0.717) is 18.3 Å². The summed E-state index contributed by atoms with van der Waals surface area (Å²) in [5.41, 5.74) is -0.837. The van der Waals surface area contributed by atoms with Gasteiger partial charge in [0.1, 0.15) is 11.5 Å². The van der Waals surface area contributed by atoms with E-state index in [4.69, 9.17) is 0 Å². The standard InChI is InChI=1S/C13H17F3N2/c14-13(15,16)11-7-4-8-12(18-11)17-9-10-5-2-1-3-6-10/h4,7-8,10H,1-3,5-6,9H2,(H,17,18). The fraction of sp³-hybridized carbons (Fsp3) is 0.615. The SMILES string of the molecule is FC(F)(F)c1cccc(NCC2CCCCC2)n1. The molecule has 0 aliphatic heterocycles. The topological polar surface area (TPSA) is 24.9 Å². The zero-order chi connectivity index (χ0) is 13.0. The molecule has 1 heterocycles. The van der Waals surface area contributed by atoms with Gasteiger partial charge >= 0.3 is 6.18 Å². The average Bonchev–Trinajstić information content (AvgIpc) is 2.37. The summed E-state index contributed by atoms with van der Waals surface area (Å²) in [6.45, 7) is 0.717. The molecule has 2 nitrogen and oxygen atoms in total. The zero-order valence-electron chi connectivity index (χ0n) is 10.1. The maximum atomic E-state index is 12.5. The van der Waals surface area contributed by atoms with Crippen LogP contribution in [0.4, 0.5) is 19.0 Å². The summed E-state index contributed by atoms with van der Waals surface area (Å²) in [6, 6.07) is 3.96. The molecule has 1 fully saturated rings. The Hall–Kier alpha value is -1.26. The van der Waals surface area contributed by atoms with E-state index >= 15 is 0 Å². The van der Waals surface area contributed by atoms with Gasteiger partial charge in [0.25, 0.3) is 0 Å². The molecule has 1 saturated carbocycles. The van der Waals surface area contributed by atoms with Gasteiger partial charge in [-0.05, 0) is 30.9 Å². The molecular weight excluding hydrogens is 241 g/mol. The van der Waals surface area contributed by atoms with Gasteiger partial charge in [-0.15, -0.1) is 0 Å². The van der Waals surface area contributed by atoms with Gasteiger partial charge in [-0.3, -0.25) is 0 Å². The zero-order valence-corrected chi connectivity index (χ0v) is 10.1. The molecule has 5 heteroatoms. The van der Waals surface area contributed by atoms with Crippen LogP contribution in [-0.4, -0.2) is 11.5 Å². The Balaban J connectivity index is 1.92. The Kier molecular flexibility index (Phi) is 4.09. The molecule has 0 unspecified atom stereocenters. The molecule has 1 aromatic heterocycles. The fourth-order valence-electron chi connectivity index (χ4n) is 2.33. The largest absolute Gasteiger partial charge is 0.433 e. The first kappa shape index (κ1) is 13.2. The van der Waals surface area contributed by atoms with Crippen LogP contribution in [-0.2, 0) is 6.18 Å². The Labute approximate surface area is 105 Å². The summed E-state index contributed by atoms with van der Waals surface area (Å²) in [4.78, 5) is 3.59. The van der Waals surface area contributed by atoms with E-state index in [-0.39, 0.29) is 0 Å². The van der Waals surface area contributed by atoms with Crippen molar-refractivity contribution in [3.63, 3.8) is 0 Å². The van der Waals surface area contributed by atoms with Gasteiger partial charge in [0.05, 0.1) is 0 Å². The van der Waals surface area contributed by atoms with Crippen molar-refractivity contribution in [3.8, 4) is 0 Å². The van der Waals surface area contributed by atoms with Gasteiger partial charge in [0.15, 0.2) is 0 Å². The first-order chi connectivity index (χ1) is 8.55. The summed E-state index contributed by atoms with van der Waals surface area (Å²) in [6.07, 6.45) is 1.67. The van der Waals surface area contributed by atoms with Crippen LogP contribution in [0.25, 0.3) is 0 Å².